The monoisotopic (exact) mass is 358 g/mol. The predicted octanol–water partition coefficient (Wildman–Crippen LogP) is 5.81. The zero-order chi connectivity index (χ0) is 18.4. The van der Waals surface area contributed by atoms with Gasteiger partial charge in [-0.1, -0.05) is 72.8 Å². The molecule has 0 saturated carbocycles. The van der Waals surface area contributed by atoms with Gasteiger partial charge in [-0.25, -0.2) is 0 Å². The highest BCUT2D eigenvalue weighted by Crippen LogP contribution is 2.51. The Labute approximate surface area is 163 Å². The second-order valence-corrected chi connectivity index (χ2v) is 8.35. The van der Waals surface area contributed by atoms with Crippen LogP contribution in [0.5, 0.6) is 0 Å². The van der Waals surface area contributed by atoms with E-state index in [0.29, 0.717) is 5.78 Å². The summed E-state index contributed by atoms with van der Waals surface area (Å²) in [5.41, 5.74) is 7.78. The number of carbonyl (C=O) groups is 1. The highest BCUT2D eigenvalue weighted by atomic mass is 16.1. The number of benzene rings is 4. The molecule has 0 fully saturated rings. The van der Waals surface area contributed by atoms with Crippen LogP contribution in [-0.4, -0.2) is 5.78 Å². The Morgan fingerprint density at radius 1 is 0.786 bits per heavy atom. The van der Waals surface area contributed by atoms with Crippen molar-refractivity contribution in [1.29, 1.82) is 0 Å². The second-order valence-electron chi connectivity index (χ2n) is 8.35. The van der Waals surface area contributed by atoms with Gasteiger partial charge in [0.15, 0.2) is 5.78 Å². The van der Waals surface area contributed by atoms with Crippen LogP contribution < -0.4 is 0 Å². The van der Waals surface area contributed by atoms with Gasteiger partial charge >= 0.3 is 0 Å². The van der Waals surface area contributed by atoms with Crippen LogP contribution in [0.25, 0.3) is 21.5 Å². The average molecular weight is 358 g/mol. The quantitative estimate of drug-likeness (QED) is 0.363. The second kappa shape index (κ2) is 4.99. The summed E-state index contributed by atoms with van der Waals surface area (Å²) in [5, 5.41) is 5.18. The van der Waals surface area contributed by atoms with Crippen molar-refractivity contribution < 1.29 is 4.79 Å². The van der Waals surface area contributed by atoms with Crippen LogP contribution in [0.3, 0.4) is 0 Å². The summed E-state index contributed by atoms with van der Waals surface area (Å²) in [6.07, 6.45) is 6.17. The first kappa shape index (κ1) is 14.8. The van der Waals surface area contributed by atoms with Crippen molar-refractivity contribution in [3.8, 4) is 0 Å². The van der Waals surface area contributed by atoms with Gasteiger partial charge in [0.05, 0.1) is 11.8 Å². The fraction of sp³-hybridized carbons (Fsp3) is 0.148. The molecule has 0 radical (unpaired) electrons. The fourth-order valence-corrected chi connectivity index (χ4v) is 5.88. The molecule has 1 heteroatoms. The molecule has 3 aliphatic carbocycles. The number of rotatable bonds is 0. The minimum absolute atomic E-state index is 0.0994. The molecule has 28 heavy (non-hydrogen) atoms. The van der Waals surface area contributed by atoms with Crippen LogP contribution in [0.1, 0.15) is 45.2 Å². The maximum Gasteiger partial charge on any atom is 0.156 e. The van der Waals surface area contributed by atoms with Gasteiger partial charge in [-0.2, -0.15) is 0 Å². The molecule has 4 aromatic carbocycles. The van der Waals surface area contributed by atoms with Gasteiger partial charge in [-0.05, 0) is 67.8 Å². The molecule has 0 aliphatic heterocycles. The number of hydrogen-bond acceptors (Lipinski definition) is 1. The van der Waals surface area contributed by atoms with E-state index < -0.39 is 0 Å². The first-order chi connectivity index (χ1) is 13.8. The number of allylic oxidation sites excluding steroid dienone is 2. The smallest absolute Gasteiger partial charge is 0.156 e. The molecule has 0 bridgehead atoms. The van der Waals surface area contributed by atoms with E-state index in [-0.39, 0.29) is 11.8 Å². The lowest BCUT2D eigenvalue weighted by molar-refractivity contribution is -0.120. The molecular weight excluding hydrogens is 340 g/mol. The molecule has 0 amide bonds. The van der Waals surface area contributed by atoms with E-state index in [4.69, 9.17) is 0 Å². The zero-order valence-corrected chi connectivity index (χ0v) is 15.4. The van der Waals surface area contributed by atoms with Crippen molar-refractivity contribution in [2.75, 3.05) is 0 Å². The topological polar surface area (TPSA) is 17.1 Å². The van der Waals surface area contributed by atoms with E-state index in [9.17, 15) is 4.79 Å². The highest BCUT2D eigenvalue weighted by Gasteiger charge is 2.42. The fourth-order valence-electron chi connectivity index (χ4n) is 5.88. The van der Waals surface area contributed by atoms with E-state index in [0.717, 1.165) is 12.8 Å². The van der Waals surface area contributed by atoms with Gasteiger partial charge in [-0.15, -0.1) is 0 Å². The predicted molar refractivity (Wildman–Crippen MR) is 113 cm³/mol. The van der Waals surface area contributed by atoms with Crippen LogP contribution in [0.15, 0.2) is 72.8 Å². The molecule has 4 aromatic rings. The summed E-state index contributed by atoms with van der Waals surface area (Å²) < 4.78 is 0. The minimum Gasteiger partial charge on any atom is -0.298 e. The number of fused-ring (bicyclic) bond motifs is 4. The normalized spacial score (nSPS) is 21.2. The van der Waals surface area contributed by atoms with Gasteiger partial charge in [0, 0.05) is 0 Å². The van der Waals surface area contributed by atoms with Crippen LogP contribution in [0, 0.1) is 0 Å². The standard InChI is InChI=1S/C27H18O/c28-27-21-7-3-5-16-8-9-17-10-11-18-14-22-19-6-2-1-4-15(19)12-13-20(22)26(27)25(18)24(17)23(16)21/h1-4,6-13,21,26H,5,14H2. The number of Topliss-reactive ketones (excluding diaryl/α,β-unsaturated/α-hetero) is 1. The molecular formula is C27H18O. The van der Waals surface area contributed by atoms with E-state index in [2.05, 4.69) is 72.8 Å². The first-order valence-electron chi connectivity index (χ1n) is 10.1. The van der Waals surface area contributed by atoms with Crippen LogP contribution >= 0.6 is 0 Å². The van der Waals surface area contributed by atoms with Crippen molar-refractivity contribution in [3.63, 3.8) is 0 Å². The summed E-state index contributed by atoms with van der Waals surface area (Å²) >= 11 is 0. The Kier molecular flexibility index (Phi) is 2.64. The molecule has 2 unspecified atom stereocenters. The number of carbonyl (C=O) groups excluding carboxylic acids is 1. The van der Waals surface area contributed by atoms with Crippen LogP contribution in [0.2, 0.25) is 0 Å². The van der Waals surface area contributed by atoms with Gasteiger partial charge in [0.1, 0.15) is 0 Å². The summed E-state index contributed by atoms with van der Waals surface area (Å²) in [6.45, 7) is 0. The van der Waals surface area contributed by atoms with Gasteiger partial charge < -0.3 is 0 Å². The third-order valence-corrected chi connectivity index (χ3v) is 7.06. The number of ketones is 1. The third-order valence-electron chi connectivity index (χ3n) is 7.06. The molecule has 0 spiro atoms. The van der Waals surface area contributed by atoms with E-state index in [1.165, 1.54) is 54.9 Å². The molecule has 3 aliphatic rings. The molecule has 7 rings (SSSR count). The lowest BCUT2D eigenvalue weighted by Gasteiger charge is -2.38. The summed E-state index contributed by atoms with van der Waals surface area (Å²) in [4.78, 5) is 13.8. The van der Waals surface area contributed by atoms with Crippen molar-refractivity contribution in [1.82, 2.24) is 0 Å². The lowest BCUT2D eigenvalue weighted by Crippen LogP contribution is -2.31. The van der Waals surface area contributed by atoms with Crippen molar-refractivity contribution in [2.24, 2.45) is 0 Å². The highest BCUT2D eigenvalue weighted by molar-refractivity contribution is 6.10. The molecule has 2 atom stereocenters. The van der Waals surface area contributed by atoms with Gasteiger partial charge in [-0.3, -0.25) is 4.79 Å². The largest absolute Gasteiger partial charge is 0.298 e. The summed E-state index contributed by atoms with van der Waals surface area (Å²) in [5.74, 6) is 0.112. The van der Waals surface area contributed by atoms with Crippen LogP contribution in [0.4, 0.5) is 0 Å². The Morgan fingerprint density at radius 2 is 1.61 bits per heavy atom. The van der Waals surface area contributed by atoms with Crippen LogP contribution in [-0.2, 0) is 17.6 Å². The van der Waals surface area contributed by atoms with Gasteiger partial charge in [0.2, 0.25) is 0 Å². The third kappa shape index (κ3) is 1.66. The minimum atomic E-state index is -0.137. The zero-order valence-electron chi connectivity index (χ0n) is 15.4. The average Bonchev–Trinajstić information content (AvgIpc) is 2.75. The first-order valence-corrected chi connectivity index (χ1v) is 10.1. The molecule has 1 nitrogen and oxygen atoms in total. The van der Waals surface area contributed by atoms with E-state index >= 15 is 0 Å². The number of hydrogen-bond donors (Lipinski definition) is 0. The lowest BCUT2D eigenvalue weighted by atomic mass is 9.64. The van der Waals surface area contributed by atoms with Crippen molar-refractivity contribution >= 4 is 27.3 Å². The molecule has 0 aromatic heterocycles. The maximum atomic E-state index is 13.8. The SMILES string of the molecule is O=C1C2C=CCc3ccc4ccc5c(c4c32)C1c1ccc2ccccc2c1C5. The molecule has 132 valence electrons. The Hall–Kier alpha value is -3.19. The van der Waals surface area contributed by atoms with Crippen molar-refractivity contribution in [2.45, 2.75) is 24.7 Å². The van der Waals surface area contributed by atoms with Crippen molar-refractivity contribution in [3.05, 3.63) is 106 Å². The molecule has 0 saturated heterocycles. The summed E-state index contributed by atoms with van der Waals surface area (Å²) in [7, 11) is 0. The molecule has 0 N–H and O–H groups in total. The maximum absolute atomic E-state index is 13.8. The Morgan fingerprint density at radius 3 is 2.54 bits per heavy atom. The summed E-state index contributed by atoms with van der Waals surface area (Å²) in [6, 6.07) is 22.0. The van der Waals surface area contributed by atoms with E-state index in [1.807, 2.05) is 0 Å². The Balaban J connectivity index is 1.64. The molecule has 0 heterocycles. The van der Waals surface area contributed by atoms with Gasteiger partial charge in [0.25, 0.3) is 0 Å². The van der Waals surface area contributed by atoms with E-state index in [1.54, 1.807) is 0 Å². The Bertz CT molecular complexity index is 1390.